The maximum absolute atomic E-state index is 5.95. The third-order valence-electron chi connectivity index (χ3n) is 6.02. The standard InChI is InChI=1S/C23H27N5OS/c1-18-6-2-5-9-21(18)28-22(26-12-14-29-15-13-26)24-27(23(28)30)17-25-11-10-19-7-3-4-8-20(19)16-25/h2-9H,10-17H2,1H3. The molecule has 2 aliphatic rings. The van der Waals surface area contributed by atoms with Crippen molar-refractivity contribution >= 4 is 18.2 Å². The summed E-state index contributed by atoms with van der Waals surface area (Å²) < 4.78 is 10.4. The lowest BCUT2D eigenvalue weighted by Gasteiger charge is -2.28. The van der Waals surface area contributed by atoms with Gasteiger partial charge >= 0.3 is 0 Å². The Morgan fingerprint density at radius 3 is 2.50 bits per heavy atom. The van der Waals surface area contributed by atoms with Gasteiger partial charge in [-0.05, 0) is 48.3 Å². The molecule has 0 spiro atoms. The van der Waals surface area contributed by atoms with Crippen molar-refractivity contribution in [3.8, 4) is 5.69 Å². The van der Waals surface area contributed by atoms with Gasteiger partial charge in [-0.1, -0.05) is 42.5 Å². The van der Waals surface area contributed by atoms with Crippen molar-refractivity contribution in [2.75, 3.05) is 37.7 Å². The quantitative estimate of drug-likeness (QED) is 0.602. The molecular formula is C23H27N5OS. The number of benzene rings is 2. The summed E-state index contributed by atoms with van der Waals surface area (Å²) >= 11 is 5.95. The molecule has 1 fully saturated rings. The summed E-state index contributed by atoms with van der Waals surface area (Å²) in [6.07, 6.45) is 1.07. The monoisotopic (exact) mass is 421 g/mol. The molecule has 1 saturated heterocycles. The van der Waals surface area contributed by atoms with Crippen LogP contribution in [0.25, 0.3) is 5.69 Å². The molecule has 0 unspecified atom stereocenters. The average Bonchev–Trinajstić information content (AvgIpc) is 3.10. The number of para-hydroxylation sites is 1. The van der Waals surface area contributed by atoms with Crippen LogP contribution in [0.4, 0.5) is 5.95 Å². The van der Waals surface area contributed by atoms with Crippen LogP contribution in [0, 0.1) is 11.7 Å². The Morgan fingerprint density at radius 1 is 0.967 bits per heavy atom. The maximum atomic E-state index is 5.95. The lowest BCUT2D eigenvalue weighted by Crippen LogP contribution is -2.38. The van der Waals surface area contributed by atoms with E-state index in [0.717, 1.165) is 62.2 Å². The maximum Gasteiger partial charge on any atom is 0.230 e. The second-order valence-electron chi connectivity index (χ2n) is 8.02. The first-order chi connectivity index (χ1) is 14.7. The van der Waals surface area contributed by atoms with Gasteiger partial charge < -0.3 is 9.64 Å². The second-order valence-corrected chi connectivity index (χ2v) is 8.38. The zero-order valence-corrected chi connectivity index (χ0v) is 18.1. The van der Waals surface area contributed by atoms with E-state index in [4.69, 9.17) is 22.1 Å². The Hall–Kier alpha value is -2.48. The number of nitrogens with zero attached hydrogens (tertiary/aromatic N) is 5. The minimum Gasteiger partial charge on any atom is -0.378 e. The lowest BCUT2D eigenvalue weighted by molar-refractivity contribution is 0.121. The van der Waals surface area contributed by atoms with Crippen molar-refractivity contribution in [1.82, 2.24) is 19.2 Å². The Bertz CT molecular complexity index is 1100. The van der Waals surface area contributed by atoms with Crippen molar-refractivity contribution in [1.29, 1.82) is 0 Å². The molecule has 156 valence electrons. The van der Waals surface area contributed by atoms with Gasteiger partial charge in [-0.25, -0.2) is 4.68 Å². The van der Waals surface area contributed by atoms with Gasteiger partial charge in [0.1, 0.15) is 0 Å². The highest BCUT2D eigenvalue weighted by atomic mass is 32.1. The summed E-state index contributed by atoms with van der Waals surface area (Å²) in [5.41, 5.74) is 5.15. The molecule has 0 amide bonds. The molecule has 0 N–H and O–H groups in total. The highest BCUT2D eigenvalue weighted by molar-refractivity contribution is 7.71. The van der Waals surface area contributed by atoms with Crippen molar-refractivity contribution in [3.63, 3.8) is 0 Å². The van der Waals surface area contributed by atoms with Gasteiger partial charge in [-0.2, -0.15) is 0 Å². The fourth-order valence-electron chi connectivity index (χ4n) is 4.35. The van der Waals surface area contributed by atoms with Crippen LogP contribution in [0.15, 0.2) is 48.5 Å². The van der Waals surface area contributed by atoms with Crippen LogP contribution in [0.2, 0.25) is 0 Å². The first-order valence-corrected chi connectivity index (χ1v) is 11.0. The van der Waals surface area contributed by atoms with Gasteiger partial charge in [0.2, 0.25) is 10.7 Å². The number of morpholine rings is 1. The highest BCUT2D eigenvalue weighted by Gasteiger charge is 2.23. The molecule has 0 aliphatic carbocycles. The van der Waals surface area contributed by atoms with E-state index in [1.807, 2.05) is 4.68 Å². The molecule has 2 aliphatic heterocycles. The van der Waals surface area contributed by atoms with E-state index >= 15 is 0 Å². The predicted molar refractivity (Wildman–Crippen MR) is 121 cm³/mol. The molecule has 0 radical (unpaired) electrons. The molecule has 5 rings (SSSR count). The van der Waals surface area contributed by atoms with Crippen molar-refractivity contribution in [3.05, 3.63) is 70.0 Å². The molecule has 7 heteroatoms. The van der Waals surface area contributed by atoms with E-state index in [-0.39, 0.29) is 0 Å². The first-order valence-electron chi connectivity index (χ1n) is 10.6. The Kier molecular flexibility index (Phi) is 5.41. The van der Waals surface area contributed by atoms with Gasteiger partial charge in [0, 0.05) is 26.2 Å². The Labute approximate surface area is 182 Å². The average molecular weight is 422 g/mol. The SMILES string of the molecule is Cc1ccccc1-n1c(N2CCOCC2)nn(CN2CCc3ccccc3C2)c1=S. The fourth-order valence-corrected chi connectivity index (χ4v) is 4.62. The molecule has 2 aromatic carbocycles. The third-order valence-corrected chi connectivity index (χ3v) is 6.41. The molecule has 1 aromatic heterocycles. The van der Waals surface area contributed by atoms with Crippen LogP contribution in [0.5, 0.6) is 0 Å². The van der Waals surface area contributed by atoms with Gasteiger partial charge in [-0.3, -0.25) is 9.47 Å². The summed E-state index contributed by atoms with van der Waals surface area (Å²) in [5.74, 6) is 0.912. The van der Waals surface area contributed by atoms with E-state index in [1.54, 1.807) is 0 Å². The number of hydrogen-bond donors (Lipinski definition) is 0. The smallest absolute Gasteiger partial charge is 0.230 e. The summed E-state index contributed by atoms with van der Waals surface area (Å²) in [6.45, 7) is 7.86. The van der Waals surface area contributed by atoms with Crippen LogP contribution in [0.1, 0.15) is 16.7 Å². The molecule has 6 nitrogen and oxygen atoms in total. The molecule has 0 atom stereocenters. The van der Waals surface area contributed by atoms with Crippen LogP contribution < -0.4 is 4.90 Å². The fraction of sp³-hybridized carbons (Fsp3) is 0.391. The number of rotatable bonds is 4. The zero-order chi connectivity index (χ0) is 20.5. The number of fused-ring (bicyclic) bond motifs is 1. The van der Waals surface area contributed by atoms with Crippen LogP contribution in [-0.4, -0.2) is 52.1 Å². The van der Waals surface area contributed by atoms with Gasteiger partial charge in [-0.15, -0.1) is 5.10 Å². The van der Waals surface area contributed by atoms with Crippen molar-refractivity contribution in [2.24, 2.45) is 0 Å². The summed E-state index contributed by atoms with van der Waals surface area (Å²) in [7, 11) is 0. The molecule has 3 aromatic rings. The number of ether oxygens (including phenoxy) is 1. The van der Waals surface area contributed by atoms with Crippen molar-refractivity contribution in [2.45, 2.75) is 26.6 Å². The first kappa shape index (κ1) is 19.5. The van der Waals surface area contributed by atoms with Gasteiger partial charge in [0.25, 0.3) is 0 Å². The largest absolute Gasteiger partial charge is 0.378 e. The molecular weight excluding hydrogens is 394 g/mol. The van der Waals surface area contributed by atoms with Crippen LogP contribution in [-0.2, 0) is 24.4 Å². The highest BCUT2D eigenvalue weighted by Crippen LogP contribution is 2.25. The predicted octanol–water partition coefficient (Wildman–Crippen LogP) is 3.56. The van der Waals surface area contributed by atoms with Crippen LogP contribution in [0.3, 0.4) is 0 Å². The minimum absolute atomic E-state index is 0.698. The molecule has 0 bridgehead atoms. The number of hydrogen-bond acceptors (Lipinski definition) is 5. The van der Waals surface area contributed by atoms with Crippen LogP contribution >= 0.6 is 12.2 Å². The number of aromatic nitrogens is 3. The topological polar surface area (TPSA) is 38.5 Å². The van der Waals surface area contributed by atoms with Gasteiger partial charge in [0.15, 0.2) is 0 Å². The molecule has 30 heavy (non-hydrogen) atoms. The van der Waals surface area contributed by atoms with Gasteiger partial charge in [0.05, 0.1) is 25.6 Å². The zero-order valence-electron chi connectivity index (χ0n) is 17.3. The molecule has 3 heterocycles. The van der Waals surface area contributed by atoms with E-state index in [9.17, 15) is 0 Å². The minimum atomic E-state index is 0.698. The third kappa shape index (κ3) is 3.69. The van der Waals surface area contributed by atoms with E-state index in [1.165, 1.54) is 16.7 Å². The summed E-state index contributed by atoms with van der Waals surface area (Å²) in [4.78, 5) is 4.71. The number of aryl methyl sites for hydroxylation is 1. The Morgan fingerprint density at radius 2 is 1.70 bits per heavy atom. The number of anilines is 1. The van der Waals surface area contributed by atoms with E-state index in [0.29, 0.717) is 6.67 Å². The van der Waals surface area contributed by atoms with Crippen molar-refractivity contribution < 1.29 is 4.74 Å². The summed E-state index contributed by atoms with van der Waals surface area (Å²) in [5, 5.41) is 5.01. The normalized spacial score (nSPS) is 17.2. The summed E-state index contributed by atoms with van der Waals surface area (Å²) in [6, 6.07) is 17.1. The van der Waals surface area contributed by atoms with E-state index < -0.39 is 0 Å². The lowest BCUT2D eigenvalue weighted by atomic mass is 10.0. The van der Waals surface area contributed by atoms with E-state index in [2.05, 4.69) is 69.8 Å². The second kappa shape index (κ2) is 8.34. The molecule has 0 saturated carbocycles. The Balaban J connectivity index is 1.50.